The number of hydrogen-bond acceptors (Lipinski definition) is 5. The molecule has 1 fully saturated rings. The number of rotatable bonds is 6. The second-order valence-electron chi connectivity index (χ2n) is 3.40. The van der Waals surface area contributed by atoms with Crippen molar-refractivity contribution >= 4 is 16.2 Å². The predicted octanol–water partition coefficient (Wildman–Crippen LogP) is -0.388. The highest BCUT2D eigenvalue weighted by Gasteiger charge is 2.27. The van der Waals surface area contributed by atoms with Crippen LogP contribution in [0, 0.1) is 0 Å². The fraction of sp³-hybridized carbons (Fsp3) is 0.714. The molecule has 1 heterocycles. The molecule has 2 rings (SSSR count). The van der Waals surface area contributed by atoms with E-state index in [1.54, 1.807) is 6.92 Å². The summed E-state index contributed by atoms with van der Waals surface area (Å²) in [4.78, 5) is 3.79. The lowest BCUT2D eigenvalue weighted by molar-refractivity contribution is 0.314. The van der Waals surface area contributed by atoms with Crippen molar-refractivity contribution in [2.75, 3.05) is 11.3 Å². The van der Waals surface area contributed by atoms with E-state index >= 15 is 0 Å². The first-order valence-corrected chi connectivity index (χ1v) is 6.42. The van der Waals surface area contributed by atoms with Crippen molar-refractivity contribution < 1.29 is 13.2 Å². The zero-order valence-corrected chi connectivity index (χ0v) is 9.54. The molecule has 16 heavy (non-hydrogen) atoms. The van der Waals surface area contributed by atoms with Crippen LogP contribution in [0.2, 0.25) is 0 Å². The summed E-state index contributed by atoms with van der Waals surface area (Å²) in [5.41, 5.74) is 0. The molecule has 9 heteroatoms. The van der Waals surface area contributed by atoms with Crippen molar-refractivity contribution in [3.8, 4) is 6.01 Å². The molecule has 3 N–H and O–H groups in total. The summed E-state index contributed by atoms with van der Waals surface area (Å²) in [6.07, 6.45) is 1.75. The van der Waals surface area contributed by atoms with E-state index in [0.29, 0.717) is 6.61 Å². The fourth-order valence-corrected chi connectivity index (χ4v) is 2.14. The number of ether oxygens (including phenoxy) is 1. The van der Waals surface area contributed by atoms with Crippen molar-refractivity contribution in [2.24, 2.45) is 0 Å². The van der Waals surface area contributed by atoms with E-state index in [1.807, 2.05) is 0 Å². The minimum Gasteiger partial charge on any atom is -0.463 e. The summed E-state index contributed by atoms with van der Waals surface area (Å²) < 4.78 is 32.6. The Labute approximate surface area is 93.0 Å². The lowest BCUT2D eigenvalue weighted by Crippen LogP contribution is -2.32. The average molecular weight is 247 g/mol. The van der Waals surface area contributed by atoms with Crippen molar-refractivity contribution in [1.29, 1.82) is 0 Å². The molecule has 0 bridgehead atoms. The van der Waals surface area contributed by atoms with Gasteiger partial charge >= 0.3 is 16.2 Å². The van der Waals surface area contributed by atoms with E-state index in [9.17, 15) is 8.42 Å². The number of H-pyrrole nitrogens is 1. The minimum absolute atomic E-state index is 0.0385. The van der Waals surface area contributed by atoms with E-state index in [4.69, 9.17) is 4.74 Å². The minimum atomic E-state index is -3.56. The summed E-state index contributed by atoms with van der Waals surface area (Å²) >= 11 is 0. The summed E-state index contributed by atoms with van der Waals surface area (Å²) in [7, 11) is -3.56. The SMILES string of the molecule is CCOc1n[nH]c(NS(=O)(=O)NC2CC2)n1. The van der Waals surface area contributed by atoms with Crippen LogP contribution >= 0.6 is 0 Å². The summed E-state index contributed by atoms with van der Waals surface area (Å²) in [5, 5.41) is 6.10. The molecule has 8 nitrogen and oxygen atoms in total. The first kappa shape index (κ1) is 11.1. The highest BCUT2D eigenvalue weighted by molar-refractivity contribution is 7.90. The van der Waals surface area contributed by atoms with Gasteiger partial charge in [-0.25, -0.2) is 9.82 Å². The van der Waals surface area contributed by atoms with Gasteiger partial charge in [-0.1, -0.05) is 0 Å². The normalized spacial score (nSPS) is 16.1. The largest absolute Gasteiger partial charge is 0.463 e. The van der Waals surface area contributed by atoms with Gasteiger partial charge in [0.25, 0.3) is 0 Å². The first-order valence-electron chi connectivity index (χ1n) is 4.94. The molecule has 1 aliphatic carbocycles. The number of anilines is 1. The Morgan fingerprint density at radius 2 is 2.31 bits per heavy atom. The monoisotopic (exact) mass is 247 g/mol. The third-order valence-electron chi connectivity index (χ3n) is 1.87. The van der Waals surface area contributed by atoms with Gasteiger partial charge in [-0.2, -0.15) is 18.1 Å². The number of nitrogens with zero attached hydrogens (tertiary/aromatic N) is 2. The van der Waals surface area contributed by atoms with Gasteiger partial charge in [0.05, 0.1) is 6.61 Å². The number of aromatic nitrogens is 3. The molecule has 0 unspecified atom stereocenters. The smallest absolute Gasteiger partial charge is 0.337 e. The van der Waals surface area contributed by atoms with Gasteiger partial charge in [0.1, 0.15) is 0 Å². The summed E-state index contributed by atoms with van der Waals surface area (Å²) in [5.74, 6) is 0.0385. The Morgan fingerprint density at radius 1 is 1.56 bits per heavy atom. The van der Waals surface area contributed by atoms with Crippen LogP contribution in [0.25, 0.3) is 0 Å². The molecular weight excluding hydrogens is 234 g/mol. The summed E-state index contributed by atoms with van der Waals surface area (Å²) in [6, 6.07) is 0.165. The van der Waals surface area contributed by atoms with Crippen molar-refractivity contribution in [3.05, 3.63) is 0 Å². The Kier molecular flexibility index (Phi) is 2.97. The van der Waals surface area contributed by atoms with Gasteiger partial charge in [0, 0.05) is 6.04 Å². The van der Waals surface area contributed by atoms with Crippen LogP contribution in [0.15, 0.2) is 0 Å². The van der Waals surface area contributed by atoms with Crippen molar-refractivity contribution in [1.82, 2.24) is 19.9 Å². The molecule has 1 aromatic heterocycles. The maximum atomic E-state index is 11.5. The van der Waals surface area contributed by atoms with Crippen LogP contribution in [-0.4, -0.2) is 36.2 Å². The molecule has 1 aromatic rings. The molecule has 0 radical (unpaired) electrons. The Balaban J connectivity index is 1.96. The Morgan fingerprint density at radius 3 is 2.94 bits per heavy atom. The molecular formula is C7H13N5O3S. The third kappa shape index (κ3) is 3.07. The summed E-state index contributed by atoms with van der Waals surface area (Å²) in [6.45, 7) is 2.21. The zero-order valence-electron chi connectivity index (χ0n) is 8.73. The van der Waals surface area contributed by atoms with Gasteiger partial charge < -0.3 is 4.74 Å². The maximum Gasteiger partial charge on any atom is 0.337 e. The van der Waals surface area contributed by atoms with E-state index in [2.05, 4.69) is 24.6 Å². The van der Waals surface area contributed by atoms with Crippen LogP contribution in [-0.2, 0) is 10.2 Å². The van der Waals surface area contributed by atoms with Gasteiger partial charge in [-0.3, -0.25) is 0 Å². The lowest BCUT2D eigenvalue weighted by Gasteiger charge is -2.04. The van der Waals surface area contributed by atoms with Crippen molar-refractivity contribution in [2.45, 2.75) is 25.8 Å². The number of aromatic amines is 1. The first-order chi connectivity index (χ1) is 7.59. The third-order valence-corrected chi connectivity index (χ3v) is 2.97. The van der Waals surface area contributed by atoms with Gasteiger partial charge in [0.15, 0.2) is 0 Å². The molecule has 0 amide bonds. The quantitative estimate of drug-likeness (QED) is 0.634. The van der Waals surface area contributed by atoms with Crippen LogP contribution in [0.5, 0.6) is 6.01 Å². The predicted molar refractivity (Wildman–Crippen MR) is 56.3 cm³/mol. The molecule has 1 saturated carbocycles. The average Bonchev–Trinajstić information content (AvgIpc) is 2.87. The topological polar surface area (TPSA) is 109 Å². The van der Waals surface area contributed by atoms with E-state index < -0.39 is 10.2 Å². The standard InChI is InChI=1S/C7H13N5O3S/c1-2-15-7-8-6(9-10-7)12-16(13,14)11-5-3-4-5/h5,11H,2-4H2,1H3,(H2,8,9,10,12). The van der Waals surface area contributed by atoms with E-state index in [0.717, 1.165) is 12.8 Å². The van der Waals surface area contributed by atoms with Crippen LogP contribution in [0.1, 0.15) is 19.8 Å². The second kappa shape index (κ2) is 4.26. The molecule has 0 aliphatic heterocycles. The van der Waals surface area contributed by atoms with Gasteiger partial charge in [-0.05, 0) is 19.8 Å². The molecule has 0 atom stereocenters. The van der Waals surface area contributed by atoms with Crippen LogP contribution in [0.3, 0.4) is 0 Å². The highest BCUT2D eigenvalue weighted by Crippen LogP contribution is 2.20. The lowest BCUT2D eigenvalue weighted by atomic mass is 10.8. The van der Waals surface area contributed by atoms with Crippen LogP contribution in [0.4, 0.5) is 5.95 Å². The second-order valence-corrected chi connectivity index (χ2v) is 4.84. The molecule has 0 aromatic carbocycles. The number of nitrogens with one attached hydrogen (secondary N) is 3. The van der Waals surface area contributed by atoms with E-state index in [1.165, 1.54) is 0 Å². The highest BCUT2D eigenvalue weighted by atomic mass is 32.2. The number of hydrogen-bond donors (Lipinski definition) is 3. The maximum absolute atomic E-state index is 11.5. The van der Waals surface area contributed by atoms with Crippen LogP contribution < -0.4 is 14.2 Å². The Bertz CT molecular complexity index is 452. The van der Waals surface area contributed by atoms with Crippen molar-refractivity contribution in [3.63, 3.8) is 0 Å². The van der Waals surface area contributed by atoms with Gasteiger partial charge in [0.2, 0.25) is 5.95 Å². The zero-order chi connectivity index (χ0) is 11.6. The van der Waals surface area contributed by atoms with Gasteiger partial charge in [-0.15, -0.1) is 5.10 Å². The molecule has 90 valence electrons. The molecule has 1 aliphatic rings. The van der Waals surface area contributed by atoms with E-state index in [-0.39, 0.29) is 18.0 Å². The Hall–Kier alpha value is -1.35. The molecule has 0 spiro atoms. The molecule has 0 saturated heterocycles. The fourth-order valence-electron chi connectivity index (χ4n) is 1.06.